The zero-order chi connectivity index (χ0) is 18.8. The number of aryl methyl sites for hydroxylation is 1. The van der Waals surface area contributed by atoms with E-state index in [-0.39, 0.29) is 17.0 Å². The predicted molar refractivity (Wildman–Crippen MR) is 95.8 cm³/mol. The van der Waals surface area contributed by atoms with E-state index in [9.17, 15) is 14.0 Å². The molecule has 7 heteroatoms. The molecular formula is C19H18FN3O3. The maximum atomic E-state index is 13.9. The number of halogens is 1. The monoisotopic (exact) mass is 355 g/mol. The van der Waals surface area contributed by atoms with Crippen molar-refractivity contribution in [1.29, 1.82) is 0 Å². The van der Waals surface area contributed by atoms with Crippen LogP contribution in [0.15, 0.2) is 47.3 Å². The molecule has 1 heterocycles. The van der Waals surface area contributed by atoms with Crippen molar-refractivity contribution in [2.45, 2.75) is 13.0 Å². The number of fused-ring (bicyclic) bond motifs is 1. The van der Waals surface area contributed by atoms with Crippen molar-refractivity contribution in [1.82, 2.24) is 15.1 Å². The van der Waals surface area contributed by atoms with Crippen LogP contribution in [0.3, 0.4) is 0 Å². The smallest absolute Gasteiger partial charge is 0.274 e. The van der Waals surface area contributed by atoms with Gasteiger partial charge in [-0.05, 0) is 30.7 Å². The second-order valence-corrected chi connectivity index (χ2v) is 5.91. The molecule has 3 rings (SSSR count). The molecule has 0 aliphatic rings. The normalized spacial score (nSPS) is 12.0. The van der Waals surface area contributed by atoms with Crippen molar-refractivity contribution in [3.8, 4) is 5.75 Å². The Kier molecular flexibility index (Phi) is 4.71. The maximum absolute atomic E-state index is 13.9. The standard InChI is InChI=1S/C19H18FN3O3/c1-11(12-8-9-16(26-3)15(20)10-12)21-18(24)17-13-6-4-5-7-14(13)19(25)23(2)22-17/h4-11H,1-3H3,(H,21,24). The zero-order valence-corrected chi connectivity index (χ0v) is 14.6. The van der Waals surface area contributed by atoms with Gasteiger partial charge in [-0.1, -0.05) is 24.3 Å². The Morgan fingerprint density at radius 2 is 1.92 bits per heavy atom. The van der Waals surface area contributed by atoms with Crippen LogP contribution in [0.25, 0.3) is 10.8 Å². The van der Waals surface area contributed by atoms with Gasteiger partial charge in [0.1, 0.15) is 0 Å². The fourth-order valence-electron chi connectivity index (χ4n) is 2.77. The molecule has 0 aliphatic heterocycles. The summed E-state index contributed by atoms with van der Waals surface area (Å²) in [6.45, 7) is 1.74. The summed E-state index contributed by atoms with van der Waals surface area (Å²) in [5, 5.41) is 7.77. The lowest BCUT2D eigenvalue weighted by atomic mass is 10.1. The molecule has 0 saturated carbocycles. The molecule has 0 saturated heterocycles. The van der Waals surface area contributed by atoms with Crippen LogP contribution < -0.4 is 15.6 Å². The van der Waals surface area contributed by atoms with Gasteiger partial charge in [0.25, 0.3) is 11.5 Å². The van der Waals surface area contributed by atoms with E-state index in [0.717, 1.165) is 4.68 Å². The molecule has 1 amide bonds. The Balaban J connectivity index is 1.93. The van der Waals surface area contributed by atoms with Gasteiger partial charge >= 0.3 is 0 Å². The summed E-state index contributed by atoms with van der Waals surface area (Å²) in [5.41, 5.74) is 0.455. The largest absolute Gasteiger partial charge is 0.494 e. The first-order valence-corrected chi connectivity index (χ1v) is 8.02. The van der Waals surface area contributed by atoms with Gasteiger partial charge in [-0.2, -0.15) is 5.10 Å². The van der Waals surface area contributed by atoms with Gasteiger partial charge < -0.3 is 10.1 Å². The van der Waals surface area contributed by atoms with Crippen molar-refractivity contribution in [3.05, 3.63) is 69.9 Å². The highest BCUT2D eigenvalue weighted by Gasteiger charge is 2.18. The molecule has 26 heavy (non-hydrogen) atoms. The third-order valence-corrected chi connectivity index (χ3v) is 4.20. The number of nitrogens with one attached hydrogen (secondary N) is 1. The Morgan fingerprint density at radius 3 is 2.58 bits per heavy atom. The first-order chi connectivity index (χ1) is 12.4. The van der Waals surface area contributed by atoms with Crippen LogP contribution in [-0.2, 0) is 7.05 Å². The van der Waals surface area contributed by atoms with Gasteiger partial charge in [-0.25, -0.2) is 9.07 Å². The molecule has 1 atom stereocenters. The van der Waals surface area contributed by atoms with Crippen LogP contribution in [0.5, 0.6) is 5.75 Å². The van der Waals surface area contributed by atoms with Gasteiger partial charge in [0.2, 0.25) is 0 Å². The molecule has 1 aromatic heterocycles. The Morgan fingerprint density at radius 1 is 1.23 bits per heavy atom. The summed E-state index contributed by atoms with van der Waals surface area (Å²) in [5.74, 6) is -0.810. The number of amides is 1. The number of benzene rings is 2. The predicted octanol–water partition coefficient (Wildman–Crippen LogP) is 2.57. The third-order valence-electron chi connectivity index (χ3n) is 4.20. The Hall–Kier alpha value is -3.22. The minimum Gasteiger partial charge on any atom is -0.494 e. The first-order valence-electron chi connectivity index (χ1n) is 8.02. The lowest BCUT2D eigenvalue weighted by Crippen LogP contribution is -2.31. The number of nitrogens with zero attached hydrogens (tertiary/aromatic N) is 2. The summed E-state index contributed by atoms with van der Waals surface area (Å²) in [7, 11) is 2.88. The molecule has 1 N–H and O–H groups in total. The molecule has 0 aliphatic carbocycles. The highest BCUT2D eigenvalue weighted by molar-refractivity contribution is 6.04. The molecule has 6 nitrogen and oxygen atoms in total. The summed E-state index contributed by atoms with van der Waals surface area (Å²) in [6.07, 6.45) is 0. The summed E-state index contributed by atoms with van der Waals surface area (Å²) < 4.78 is 19.9. The number of hydrogen-bond donors (Lipinski definition) is 1. The molecular weight excluding hydrogens is 337 g/mol. The Bertz CT molecular complexity index is 1050. The van der Waals surface area contributed by atoms with Crippen molar-refractivity contribution in [2.24, 2.45) is 7.05 Å². The fourth-order valence-corrected chi connectivity index (χ4v) is 2.77. The number of carbonyl (C=O) groups excluding carboxylic acids is 1. The van der Waals surface area contributed by atoms with Crippen LogP contribution in [0.4, 0.5) is 4.39 Å². The number of aromatic nitrogens is 2. The molecule has 0 spiro atoms. The van der Waals surface area contributed by atoms with E-state index in [1.165, 1.54) is 26.3 Å². The highest BCUT2D eigenvalue weighted by atomic mass is 19.1. The topological polar surface area (TPSA) is 73.2 Å². The van der Waals surface area contributed by atoms with Gasteiger partial charge in [-0.3, -0.25) is 9.59 Å². The third kappa shape index (κ3) is 3.15. The molecule has 134 valence electrons. The van der Waals surface area contributed by atoms with E-state index in [1.807, 2.05) is 0 Å². The molecule has 2 aromatic carbocycles. The summed E-state index contributed by atoms with van der Waals surface area (Å²) in [6, 6.07) is 10.8. The minimum atomic E-state index is -0.503. The van der Waals surface area contributed by atoms with Crippen molar-refractivity contribution < 1.29 is 13.9 Å². The number of ether oxygens (including phenoxy) is 1. The Labute approximate surface area is 149 Å². The van der Waals surface area contributed by atoms with Crippen LogP contribution in [0.1, 0.15) is 29.0 Å². The quantitative estimate of drug-likeness (QED) is 0.781. The van der Waals surface area contributed by atoms with Crippen LogP contribution >= 0.6 is 0 Å². The lowest BCUT2D eigenvalue weighted by Gasteiger charge is -2.16. The number of rotatable bonds is 4. The summed E-state index contributed by atoms with van der Waals surface area (Å²) >= 11 is 0. The molecule has 0 fully saturated rings. The second kappa shape index (κ2) is 6.95. The van der Waals surface area contributed by atoms with Gasteiger partial charge in [0, 0.05) is 12.4 Å². The van der Waals surface area contributed by atoms with Crippen molar-refractivity contribution in [3.63, 3.8) is 0 Å². The van der Waals surface area contributed by atoms with Crippen molar-refractivity contribution in [2.75, 3.05) is 7.11 Å². The lowest BCUT2D eigenvalue weighted by molar-refractivity contribution is 0.0934. The van der Waals surface area contributed by atoms with E-state index in [4.69, 9.17) is 4.74 Å². The maximum Gasteiger partial charge on any atom is 0.274 e. The van der Waals surface area contributed by atoms with Crippen LogP contribution in [0.2, 0.25) is 0 Å². The second-order valence-electron chi connectivity index (χ2n) is 5.91. The first kappa shape index (κ1) is 17.6. The SMILES string of the molecule is COc1ccc(C(C)NC(=O)c2nn(C)c(=O)c3ccccc23)cc1F. The van der Waals surface area contributed by atoms with Gasteiger partial charge in [-0.15, -0.1) is 0 Å². The number of hydrogen-bond acceptors (Lipinski definition) is 4. The fraction of sp³-hybridized carbons (Fsp3) is 0.211. The number of methoxy groups -OCH3 is 1. The minimum absolute atomic E-state index is 0.137. The molecule has 0 bridgehead atoms. The van der Waals surface area contributed by atoms with E-state index in [1.54, 1.807) is 37.3 Å². The zero-order valence-electron chi connectivity index (χ0n) is 14.6. The van der Waals surface area contributed by atoms with E-state index in [0.29, 0.717) is 16.3 Å². The van der Waals surface area contributed by atoms with Crippen molar-refractivity contribution >= 4 is 16.7 Å². The van der Waals surface area contributed by atoms with Crippen LogP contribution in [0, 0.1) is 5.82 Å². The molecule has 0 radical (unpaired) electrons. The van der Waals surface area contributed by atoms with Gasteiger partial charge in [0.15, 0.2) is 17.3 Å². The molecule has 1 unspecified atom stereocenters. The average molecular weight is 355 g/mol. The number of carbonyl (C=O) groups is 1. The van der Waals surface area contributed by atoms with E-state index >= 15 is 0 Å². The highest BCUT2D eigenvalue weighted by Crippen LogP contribution is 2.22. The summed E-state index contributed by atoms with van der Waals surface area (Å²) in [4.78, 5) is 24.9. The average Bonchev–Trinajstić information content (AvgIpc) is 2.64. The van der Waals surface area contributed by atoms with Crippen LogP contribution in [-0.4, -0.2) is 22.8 Å². The van der Waals surface area contributed by atoms with Gasteiger partial charge in [0.05, 0.1) is 18.5 Å². The van der Waals surface area contributed by atoms with E-state index in [2.05, 4.69) is 10.4 Å². The molecule has 3 aromatic rings. The van der Waals surface area contributed by atoms with E-state index < -0.39 is 17.8 Å².